The zero-order valence-corrected chi connectivity index (χ0v) is 22.1. The molecule has 2 aliphatic heterocycles. The van der Waals surface area contributed by atoms with Crippen molar-refractivity contribution >= 4 is 29.5 Å². The molecule has 2 fully saturated rings. The summed E-state index contributed by atoms with van der Waals surface area (Å²) in [6.07, 6.45) is 0.0767. The van der Waals surface area contributed by atoms with Crippen LogP contribution in [0.3, 0.4) is 0 Å². The van der Waals surface area contributed by atoms with Gasteiger partial charge in [-0.25, -0.2) is 14.2 Å². The number of carbonyl (C=O) groups excluding carboxylic acids is 2. The summed E-state index contributed by atoms with van der Waals surface area (Å²) in [5, 5.41) is 11.7. The van der Waals surface area contributed by atoms with Gasteiger partial charge in [0.1, 0.15) is 11.8 Å². The average molecular weight is 534 g/mol. The summed E-state index contributed by atoms with van der Waals surface area (Å²) < 4.78 is 20.1. The normalized spacial score (nSPS) is 21.0. The summed E-state index contributed by atoms with van der Waals surface area (Å²) in [6.45, 7) is 8.28. The molecule has 0 bridgehead atoms. The number of aromatic nitrogens is 3. The number of alkyl halides is 1. The lowest BCUT2D eigenvalue weighted by Gasteiger charge is -2.37. The molecular weight excluding hydrogens is 501 g/mol. The zero-order chi connectivity index (χ0) is 26.6. The Morgan fingerprint density at radius 2 is 1.84 bits per heavy atom. The van der Waals surface area contributed by atoms with E-state index < -0.39 is 23.9 Å². The fourth-order valence-electron chi connectivity index (χ4n) is 4.31. The molecule has 1 aromatic carbocycles. The third-order valence-corrected chi connectivity index (χ3v) is 6.50. The van der Waals surface area contributed by atoms with E-state index in [0.29, 0.717) is 55.8 Å². The number of carbonyl (C=O) groups is 2. The van der Waals surface area contributed by atoms with E-state index in [1.54, 1.807) is 39.1 Å². The number of benzene rings is 1. The van der Waals surface area contributed by atoms with Gasteiger partial charge in [0.2, 0.25) is 11.9 Å². The maximum absolute atomic E-state index is 14.7. The number of hydrogen-bond donors (Lipinski definition) is 1. The van der Waals surface area contributed by atoms with Crippen LogP contribution >= 0.6 is 11.6 Å². The summed E-state index contributed by atoms with van der Waals surface area (Å²) >= 11 is 5.97. The molecule has 0 unspecified atom stereocenters. The number of piperidine rings is 1. The molecule has 2 saturated heterocycles. The second kappa shape index (κ2) is 11.6. The monoisotopic (exact) mass is 533 g/mol. The molecule has 12 heteroatoms. The fourth-order valence-corrected chi connectivity index (χ4v) is 4.44. The topological polar surface area (TPSA) is 104 Å². The minimum Gasteiger partial charge on any atom is -0.444 e. The van der Waals surface area contributed by atoms with E-state index in [4.69, 9.17) is 16.3 Å². The lowest BCUT2D eigenvalue weighted by molar-refractivity contribution is -0.124. The number of rotatable bonds is 5. The van der Waals surface area contributed by atoms with Crippen LogP contribution in [0.15, 0.2) is 30.5 Å². The van der Waals surface area contributed by atoms with E-state index in [-0.39, 0.29) is 19.0 Å². The predicted molar refractivity (Wildman–Crippen MR) is 138 cm³/mol. The van der Waals surface area contributed by atoms with Crippen LogP contribution in [0.25, 0.3) is 11.3 Å². The van der Waals surface area contributed by atoms with Gasteiger partial charge in [0.25, 0.3) is 0 Å². The molecule has 0 saturated carbocycles. The van der Waals surface area contributed by atoms with Crippen molar-refractivity contribution in [1.29, 1.82) is 0 Å². The molecule has 2 amide bonds. The van der Waals surface area contributed by atoms with Gasteiger partial charge in [0, 0.05) is 43.3 Å². The SMILES string of the molecule is CC(C)(C)OC(=O)N1CC[C@H](NC(=O)CN2CCN(c3nncc(-c4ccc(Cl)cc4)n3)CC2)[C@@H](F)C1. The van der Waals surface area contributed by atoms with Crippen LogP contribution in [0.4, 0.5) is 15.1 Å². The van der Waals surface area contributed by atoms with Crippen molar-refractivity contribution < 1.29 is 18.7 Å². The second-order valence-electron chi connectivity index (χ2n) is 10.3. The lowest BCUT2D eigenvalue weighted by atomic mass is 10.0. The van der Waals surface area contributed by atoms with Gasteiger partial charge in [0.15, 0.2) is 0 Å². The maximum atomic E-state index is 14.7. The Balaban J connectivity index is 1.23. The number of amides is 2. The van der Waals surface area contributed by atoms with Gasteiger partial charge in [-0.2, -0.15) is 5.10 Å². The number of ether oxygens (including phenoxy) is 1. The predicted octanol–water partition coefficient (Wildman–Crippen LogP) is 2.78. The third kappa shape index (κ3) is 7.48. The first-order valence-electron chi connectivity index (χ1n) is 12.4. The number of nitrogens with zero attached hydrogens (tertiary/aromatic N) is 6. The van der Waals surface area contributed by atoms with Crippen LogP contribution in [0, 0.1) is 0 Å². The first kappa shape index (κ1) is 27.0. The van der Waals surface area contributed by atoms with Crippen LogP contribution in [0.2, 0.25) is 5.02 Å². The molecular formula is C25H33ClFN7O3. The summed E-state index contributed by atoms with van der Waals surface area (Å²) in [7, 11) is 0. The highest BCUT2D eigenvalue weighted by Crippen LogP contribution is 2.21. The van der Waals surface area contributed by atoms with Crippen LogP contribution in [-0.2, 0) is 9.53 Å². The minimum atomic E-state index is -1.35. The highest BCUT2D eigenvalue weighted by Gasteiger charge is 2.34. The average Bonchev–Trinajstić information content (AvgIpc) is 2.85. The van der Waals surface area contributed by atoms with Crippen LogP contribution in [-0.4, -0.2) is 101 Å². The number of piperazine rings is 1. The van der Waals surface area contributed by atoms with Crippen molar-refractivity contribution in [3.63, 3.8) is 0 Å². The van der Waals surface area contributed by atoms with Gasteiger partial charge in [-0.3, -0.25) is 9.69 Å². The van der Waals surface area contributed by atoms with Crippen molar-refractivity contribution in [2.24, 2.45) is 0 Å². The molecule has 2 aromatic rings. The molecule has 4 rings (SSSR count). The van der Waals surface area contributed by atoms with Gasteiger partial charge in [-0.05, 0) is 39.3 Å². The lowest BCUT2D eigenvalue weighted by Crippen LogP contribution is -2.56. The van der Waals surface area contributed by atoms with Gasteiger partial charge in [-0.15, -0.1) is 5.10 Å². The van der Waals surface area contributed by atoms with E-state index in [9.17, 15) is 14.0 Å². The Morgan fingerprint density at radius 1 is 1.14 bits per heavy atom. The van der Waals surface area contributed by atoms with Gasteiger partial charge in [-0.1, -0.05) is 23.7 Å². The molecule has 2 aliphatic rings. The molecule has 0 spiro atoms. The molecule has 0 radical (unpaired) electrons. The zero-order valence-electron chi connectivity index (χ0n) is 21.4. The van der Waals surface area contributed by atoms with E-state index in [1.165, 1.54) is 4.90 Å². The number of halogens is 2. The van der Waals surface area contributed by atoms with Crippen molar-refractivity contribution in [3.05, 3.63) is 35.5 Å². The van der Waals surface area contributed by atoms with Gasteiger partial charge in [0.05, 0.1) is 31.0 Å². The third-order valence-electron chi connectivity index (χ3n) is 6.25. The number of nitrogens with one attached hydrogen (secondary N) is 1. The molecule has 2 atom stereocenters. The molecule has 1 N–H and O–H groups in total. The van der Waals surface area contributed by atoms with Crippen molar-refractivity contribution in [1.82, 2.24) is 30.3 Å². The summed E-state index contributed by atoms with van der Waals surface area (Å²) in [5.74, 6) is 0.308. The highest BCUT2D eigenvalue weighted by atomic mass is 35.5. The van der Waals surface area contributed by atoms with Crippen molar-refractivity contribution in [2.45, 2.75) is 45.0 Å². The van der Waals surface area contributed by atoms with E-state index in [0.717, 1.165) is 5.56 Å². The molecule has 10 nitrogen and oxygen atoms in total. The summed E-state index contributed by atoms with van der Waals surface area (Å²) in [5.41, 5.74) is 0.973. The molecule has 37 heavy (non-hydrogen) atoms. The fraction of sp³-hybridized carbons (Fsp3) is 0.560. The largest absolute Gasteiger partial charge is 0.444 e. The number of hydrogen-bond acceptors (Lipinski definition) is 8. The molecule has 0 aliphatic carbocycles. The number of likely N-dealkylation sites (tertiary alicyclic amines) is 1. The first-order chi connectivity index (χ1) is 17.6. The van der Waals surface area contributed by atoms with E-state index in [1.807, 2.05) is 21.9 Å². The smallest absolute Gasteiger partial charge is 0.410 e. The molecule has 1 aromatic heterocycles. The quantitative estimate of drug-likeness (QED) is 0.626. The second-order valence-corrected chi connectivity index (χ2v) is 10.8. The Morgan fingerprint density at radius 3 is 2.49 bits per heavy atom. The Hall–Kier alpha value is -3.05. The Labute approximate surface area is 221 Å². The first-order valence-corrected chi connectivity index (χ1v) is 12.8. The highest BCUT2D eigenvalue weighted by molar-refractivity contribution is 6.30. The minimum absolute atomic E-state index is 0.0956. The van der Waals surface area contributed by atoms with E-state index >= 15 is 0 Å². The van der Waals surface area contributed by atoms with Crippen LogP contribution < -0.4 is 10.2 Å². The van der Waals surface area contributed by atoms with Crippen molar-refractivity contribution in [3.8, 4) is 11.3 Å². The van der Waals surface area contributed by atoms with Gasteiger partial charge >= 0.3 is 6.09 Å². The van der Waals surface area contributed by atoms with Crippen LogP contribution in [0.1, 0.15) is 27.2 Å². The summed E-state index contributed by atoms with van der Waals surface area (Å²) in [6, 6.07) is 6.75. The van der Waals surface area contributed by atoms with Gasteiger partial charge < -0.3 is 19.9 Å². The van der Waals surface area contributed by atoms with Crippen molar-refractivity contribution in [2.75, 3.05) is 50.7 Å². The molecule has 200 valence electrons. The standard InChI is InChI=1S/C25H33ClFN7O3/c1-25(2,3)37-24(36)34-9-8-20(19(27)15-34)29-22(35)16-32-10-12-33(13-11-32)23-30-21(14-28-31-23)17-4-6-18(26)7-5-17/h4-7,14,19-20H,8-13,15-16H2,1-3H3,(H,29,35)/t19-,20-/m0/s1. The number of anilines is 1. The van der Waals surface area contributed by atoms with Crippen LogP contribution in [0.5, 0.6) is 0 Å². The summed E-state index contributed by atoms with van der Waals surface area (Å²) in [4.78, 5) is 34.9. The Kier molecular flexibility index (Phi) is 8.43. The maximum Gasteiger partial charge on any atom is 0.410 e. The molecule has 3 heterocycles. The Bertz CT molecular complexity index is 1090. The van der Waals surface area contributed by atoms with E-state index in [2.05, 4.69) is 20.5 Å².